The van der Waals surface area contributed by atoms with Crippen molar-refractivity contribution in [2.24, 2.45) is 0 Å². The van der Waals surface area contributed by atoms with E-state index in [1.165, 1.54) is 12.3 Å². The highest BCUT2D eigenvalue weighted by molar-refractivity contribution is 6.05. The van der Waals surface area contributed by atoms with E-state index >= 15 is 0 Å². The number of hydrogen-bond acceptors (Lipinski definition) is 3. The van der Waals surface area contributed by atoms with Crippen LogP contribution < -0.4 is 10.6 Å². The first kappa shape index (κ1) is 14.0. The average molecular weight is 273 g/mol. The number of para-hydroxylation sites is 1. The zero-order chi connectivity index (χ0) is 14.5. The zero-order valence-corrected chi connectivity index (χ0v) is 11.4. The summed E-state index contributed by atoms with van der Waals surface area (Å²) in [5, 5.41) is 5.35. The number of carbonyl (C=O) groups is 1. The third-order valence-electron chi connectivity index (χ3n) is 3.02. The molecule has 0 unspecified atom stereocenters. The van der Waals surface area contributed by atoms with Gasteiger partial charge in [-0.25, -0.2) is 9.37 Å². The van der Waals surface area contributed by atoms with E-state index in [-0.39, 0.29) is 11.4 Å². The van der Waals surface area contributed by atoms with E-state index in [2.05, 4.69) is 15.6 Å². The molecule has 2 rings (SSSR count). The summed E-state index contributed by atoms with van der Waals surface area (Å²) in [6.45, 7) is 2.00. The molecular formula is C15H16FN3O. The number of halogens is 1. The van der Waals surface area contributed by atoms with E-state index in [1.54, 1.807) is 13.1 Å². The summed E-state index contributed by atoms with van der Waals surface area (Å²) in [6.07, 6.45) is 2.19. The first-order valence-electron chi connectivity index (χ1n) is 6.38. The van der Waals surface area contributed by atoms with Crippen LogP contribution in [-0.2, 0) is 6.42 Å². The van der Waals surface area contributed by atoms with Gasteiger partial charge in [-0.1, -0.05) is 25.1 Å². The maximum absolute atomic E-state index is 14.0. The van der Waals surface area contributed by atoms with E-state index in [1.807, 2.05) is 25.1 Å². The Morgan fingerprint density at radius 2 is 2.05 bits per heavy atom. The lowest BCUT2D eigenvalue weighted by Crippen LogP contribution is -2.16. The molecule has 1 aromatic carbocycles. The summed E-state index contributed by atoms with van der Waals surface area (Å²) in [4.78, 5) is 16.0. The zero-order valence-electron chi connectivity index (χ0n) is 11.4. The molecule has 4 nitrogen and oxygen atoms in total. The Labute approximate surface area is 117 Å². The van der Waals surface area contributed by atoms with E-state index in [9.17, 15) is 9.18 Å². The largest absolute Gasteiger partial charge is 0.371 e. The Hall–Kier alpha value is -2.43. The highest BCUT2D eigenvalue weighted by Gasteiger charge is 2.16. The van der Waals surface area contributed by atoms with Crippen molar-refractivity contribution >= 4 is 17.4 Å². The van der Waals surface area contributed by atoms with Gasteiger partial charge in [0.15, 0.2) is 11.6 Å². The summed E-state index contributed by atoms with van der Waals surface area (Å²) in [7, 11) is 1.56. The van der Waals surface area contributed by atoms with Gasteiger partial charge in [0.2, 0.25) is 0 Å². The minimum absolute atomic E-state index is 0.0322. The Morgan fingerprint density at radius 3 is 2.75 bits per heavy atom. The van der Waals surface area contributed by atoms with Crippen molar-refractivity contribution in [2.75, 3.05) is 17.7 Å². The van der Waals surface area contributed by atoms with Gasteiger partial charge >= 0.3 is 0 Å². The second kappa shape index (κ2) is 6.14. The smallest absolute Gasteiger partial charge is 0.258 e. The molecule has 2 N–H and O–H groups in total. The van der Waals surface area contributed by atoms with E-state index in [0.29, 0.717) is 5.69 Å². The molecule has 0 saturated carbocycles. The van der Waals surface area contributed by atoms with Crippen LogP contribution in [0.25, 0.3) is 0 Å². The van der Waals surface area contributed by atoms with Crippen molar-refractivity contribution in [3.8, 4) is 0 Å². The number of hydrogen-bond donors (Lipinski definition) is 2. The van der Waals surface area contributed by atoms with Gasteiger partial charge in [-0.3, -0.25) is 4.79 Å². The highest BCUT2D eigenvalue weighted by atomic mass is 19.1. The SMILES string of the molecule is CCc1ccccc1NC(=O)c1ccnc(NC)c1F. The van der Waals surface area contributed by atoms with Gasteiger partial charge in [0.1, 0.15) is 0 Å². The minimum Gasteiger partial charge on any atom is -0.371 e. The van der Waals surface area contributed by atoms with Crippen LogP contribution in [0.4, 0.5) is 15.9 Å². The molecule has 0 bridgehead atoms. The number of rotatable bonds is 4. The molecule has 0 radical (unpaired) electrons. The Bertz CT molecular complexity index is 628. The molecule has 0 fully saturated rings. The van der Waals surface area contributed by atoms with Crippen LogP contribution >= 0.6 is 0 Å². The predicted molar refractivity (Wildman–Crippen MR) is 77.5 cm³/mol. The number of nitrogens with zero attached hydrogens (tertiary/aromatic N) is 1. The Balaban J connectivity index is 2.29. The van der Waals surface area contributed by atoms with Gasteiger partial charge < -0.3 is 10.6 Å². The van der Waals surface area contributed by atoms with Gasteiger partial charge in [0, 0.05) is 18.9 Å². The number of benzene rings is 1. The lowest BCUT2D eigenvalue weighted by molar-refractivity contribution is 0.102. The van der Waals surface area contributed by atoms with Crippen molar-refractivity contribution in [2.45, 2.75) is 13.3 Å². The lowest BCUT2D eigenvalue weighted by Gasteiger charge is -2.11. The summed E-state index contributed by atoms with van der Waals surface area (Å²) in [5.41, 5.74) is 1.67. The fourth-order valence-corrected chi connectivity index (χ4v) is 1.93. The van der Waals surface area contributed by atoms with Crippen molar-refractivity contribution < 1.29 is 9.18 Å². The third-order valence-corrected chi connectivity index (χ3v) is 3.02. The molecular weight excluding hydrogens is 257 g/mol. The molecule has 1 amide bonds. The van der Waals surface area contributed by atoms with Gasteiger partial charge in [0.05, 0.1) is 5.56 Å². The normalized spacial score (nSPS) is 10.2. The topological polar surface area (TPSA) is 54.0 Å². The number of aryl methyl sites for hydroxylation is 1. The van der Waals surface area contributed by atoms with Gasteiger partial charge in [-0.2, -0.15) is 0 Å². The molecule has 1 heterocycles. The fraction of sp³-hybridized carbons (Fsp3) is 0.200. The van der Waals surface area contributed by atoms with Crippen molar-refractivity contribution in [1.29, 1.82) is 0 Å². The maximum Gasteiger partial charge on any atom is 0.258 e. The molecule has 104 valence electrons. The number of carbonyl (C=O) groups excluding carboxylic acids is 1. The predicted octanol–water partition coefficient (Wildman–Crippen LogP) is 3.08. The van der Waals surface area contributed by atoms with Crippen molar-refractivity contribution in [1.82, 2.24) is 4.98 Å². The second-order valence-electron chi connectivity index (χ2n) is 4.24. The molecule has 0 saturated heterocycles. The fourth-order valence-electron chi connectivity index (χ4n) is 1.93. The quantitative estimate of drug-likeness (QED) is 0.900. The first-order valence-corrected chi connectivity index (χ1v) is 6.38. The maximum atomic E-state index is 14.0. The lowest BCUT2D eigenvalue weighted by atomic mass is 10.1. The number of nitrogens with one attached hydrogen (secondary N) is 2. The van der Waals surface area contributed by atoms with E-state index in [0.717, 1.165) is 12.0 Å². The van der Waals surface area contributed by atoms with E-state index in [4.69, 9.17) is 0 Å². The van der Waals surface area contributed by atoms with Crippen LogP contribution in [-0.4, -0.2) is 17.9 Å². The summed E-state index contributed by atoms with van der Waals surface area (Å²) >= 11 is 0. The van der Waals surface area contributed by atoms with Crippen LogP contribution in [0.3, 0.4) is 0 Å². The number of anilines is 2. The molecule has 0 spiro atoms. The Kier molecular flexibility index (Phi) is 4.30. The van der Waals surface area contributed by atoms with Crippen LogP contribution in [0.2, 0.25) is 0 Å². The molecule has 5 heteroatoms. The molecule has 0 aliphatic carbocycles. The standard InChI is InChI=1S/C15H16FN3O/c1-3-10-6-4-5-7-12(10)19-15(20)11-8-9-18-14(17-2)13(11)16/h4-9H,3H2,1-2H3,(H,17,18)(H,19,20). The first-order chi connectivity index (χ1) is 9.67. The minimum atomic E-state index is -0.651. The summed E-state index contributed by atoms with van der Waals surface area (Å²) in [6, 6.07) is 8.82. The molecule has 2 aromatic rings. The highest BCUT2D eigenvalue weighted by Crippen LogP contribution is 2.19. The average Bonchev–Trinajstić information content (AvgIpc) is 2.48. The van der Waals surface area contributed by atoms with Crippen molar-refractivity contribution in [3.63, 3.8) is 0 Å². The molecule has 0 aliphatic rings. The summed E-state index contributed by atoms with van der Waals surface area (Å²) < 4.78 is 14.0. The second-order valence-corrected chi connectivity index (χ2v) is 4.24. The molecule has 1 aromatic heterocycles. The molecule has 20 heavy (non-hydrogen) atoms. The number of amides is 1. The van der Waals surface area contributed by atoms with Crippen molar-refractivity contribution in [3.05, 3.63) is 53.5 Å². The monoisotopic (exact) mass is 273 g/mol. The molecule has 0 atom stereocenters. The Morgan fingerprint density at radius 1 is 1.30 bits per heavy atom. The van der Waals surface area contributed by atoms with E-state index < -0.39 is 11.7 Å². The van der Waals surface area contributed by atoms with Crippen LogP contribution in [0, 0.1) is 5.82 Å². The third kappa shape index (κ3) is 2.77. The van der Waals surface area contributed by atoms with Gasteiger partial charge in [0.25, 0.3) is 5.91 Å². The number of aromatic nitrogens is 1. The van der Waals surface area contributed by atoms with Gasteiger partial charge in [-0.15, -0.1) is 0 Å². The summed E-state index contributed by atoms with van der Waals surface area (Å²) in [5.74, 6) is -1.08. The molecule has 0 aliphatic heterocycles. The van der Waals surface area contributed by atoms with Gasteiger partial charge in [-0.05, 0) is 24.1 Å². The van der Waals surface area contributed by atoms with Crippen LogP contribution in [0.1, 0.15) is 22.8 Å². The number of pyridine rings is 1. The van der Waals surface area contributed by atoms with Crippen LogP contribution in [0.15, 0.2) is 36.5 Å². The van der Waals surface area contributed by atoms with Crippen LogP contribution in [0.5, 0.6) is 0 Å².